The Balaban J connectivity index is 1.61. The van der Waals surface area contributed by atoms with Crippen LogP contribution in [0.3, 0.4) is 0 Å². The van der Waals surface area contributed by atoms with E-state index in [2.05, 4.69) is 10.3 Å². The highest BCUT2D eigenvalue weighted by Gasteiger charge is 2.26. The molecule has 0 saturated heterocycles. The van der Waals surface area contributed by atoms with Crippen molar-refractivity contribution in [3.05, 3.63) is 60.2 Å². The molecule has 0 bridgehead atoms. The second-order valence-electron chi connectivity index (χ2n) is 6.44. The van der Waals surface area contributed by atoms with Gasteiger partial charge in [0.15, 0.2) is 11.6 Å². The molecule has 0 aliphatic heterocycles. The molecule has 0 fully saturated rings. The predicted octanol–water partition coefficient (Wildman–Crippen LogP) is 1.31. The number of imidazole rings is 1. The van der Waals surface area contributed by atoms with Crippen molar-refractivity contribution in [2.24, 2.45) is 0 Å². The summed E-state index contributed by atoms with van der Waals surface area (Å²) in [6, 6.07) is 11.8. The summed E-state index contributed by atoms with van der Waals surface area (Å²) in [6.45, 7) is 0.408. The van der Waals surface area contributed by atoms with Crippen LogP contribution in [-0.2, 0) is 17.8 Å². The third kappa shape index (κ3) is 4.68. The third-order valence-corrected chi connectivity index (χ3v) is 4.48. The second-order valence-corrected chi connectivity index (χ2v) is 6.44. The Morgan fingerprint density at radius 2 is 2.11 bits per heavy atom. The van der Waals surface area contributed by atoms with Crippen molar-refractivity contribution in [3.8, 4) is 5.75 Å². The van der Waals surface area contributed by atoms with Gasteiger partial charge in [0.25, 0.3) is 0 Å². The van der Waals surface area contributed by atoms with Gasteiger partial charge in [0, 0.05) is 13.0 Å². The summed E-state index contributed by atoms with van der Waals surface area (Å²) >= 11 is 0. The molecule has 0 spiro atoms. The molecular formula is C19H21BFN3O4. The quantitative estimate of drug-likeness (QED) is 0.509. The van der Waals surface area contributed by atoms with Crippen LogP contribution in [0.25, 0.3) is 11.0 Å². The van der Waals surface area contributed by atoms with Crippen LogP contribution in [0.4, 0.5) is 4.39 Å². The first-order chi connectivity index (χ1) is 13.5. The first-order valence-corrected chi connectivity index (χ1v) is 8.85. The first-order valence-electron chi connectivity index (χ1n) is 8.85. The Hall–Kier alpha value is -2.91. The standard InChI is InChI=1S/C19H21BFN3O4/c1-28-17-10-13(6-7-14(17)21)11-18(20(26)27)23-19(25)8-9-24-12-22-15-4-2-3-5-16(15)24/h2-7,10,12,18,26-27H,8-9,11H2,1H3,(H,23,25). The van der Waals surface area contributed by atoms with Crippen LogP contribution in [0.15, 0.2) is 48.8 Å². The van der Waals surface area contributed by atoms with Gasteiger partial charge in [-0.1, -0.05) is 18.2 Å². The Bertz CT molecular complexity index is 963. The van der Waals surface area contributed by atoms with Gasteiger partial charge in [-0.25, -0.2) is 9.37 Å². The molecule has 146 valence electrons. The van der Waals surface area contributed by atoms with E-state index in [0.717, 1.165) is 11.0 Å². The molecule has 0 aliphatic carbocycles. The molecule has 0 aliphatic rings. The van der Waals surface area contributed by atoms with E-state index in [-0.39, 0.29) is 24.5 Å². The number of carbonyl (C=O) groups excluding carboxylic acids is 1. The zero-order valence-corrected chi connectivity index (χ0v) is 15.4. The number of nitrogens with one attached hydrogen (secondary N) is 1. The molecule has 3 N–H and O–H groups in total. The third-order valence-electron chi connectivity index (χ3n) is 4.48. The van der Waals surface area contributed by atoms with Crippen molar-refractivity contribution in [2.45, 2.75) is 25.3 Å². The van der Waals surface area contributed by atoms with Gasteiger partial charge in [-0.05, 0) is 36.2 Å². The van der Waals surface area contributed by atoms with Gasteiger partial charge in [0.05, 0.1) is 30.4 Å². The normalized spacial score (nSPS) is 12.0. The summed E-state index contributed by atoms with van der Waals surface area (Å²) in [7, 11) is -0.406. The van der Waals surface area contributed by atoms with Crippen LogP contribution in [-0.4, -0.2) is 45.7 Å². The van der Waals surface area contributed by atoms with Gasteiger partial charge in [-0.15, -0.1) is 0 Å². The molecule has 9 heteroatoms. The largest absolute Gasteiger partial charge is 0.494 e. The number of hydrogen-bond donors (Lipinski definition) is 3. The molecule has 1 atom stereocenters. The van der Waals surface area contributed by atoms with Gasteiger partial charge < -0.3 is 24.7 Å². The second kappa shape index (κ2) is 8.86. The Labute approximate surface area is 161 Å². The van der Waals surface area contributed by atoms with Gasteiger partial charge in [-0.2, -0.15) is 0 Å². The van der Waals surface area contributed by atoms with E-state index in [1.807, 2.05) is 28.8 Å². The molecule has 2 aromatic carbocycles. The van der Waals surface area contributed by atoms with Crippen molar-refractivity contribution in [1.29, 1.82) is 0 Å². The van der Waals surface area contributed by atoms with E-state index in [0.29, 0.717) is 12.1 Å². The molecular weight excluding hydrogens is 364 g/mol. The van der Waals surface area contributed by atoms with Crippen molar-refractivity contribution in [3.63, 3.8) is 0 Å². The Kier molecular flexibility index (Phi) is 6.28. The average Bonchev–Trinajstić information content (AvgIpc) is 3.10. The summed E-state index contributed by atoms with van der Waals surface area (Å²) in [4.78, 5) is 16.6. The van der Waals surface area contributed by atoms with Crippen molar-refractivity contribution >= 4 is 24.1 Å². The fourth-order valence-corrected chi connectivity index (χ4v) is 3.01. The average molecular weight is 385 g/mol. The zero-order chi connectivity index (χ0) is 20.1. The summed E-state index contributed by atoms with van der Waals surface area (Å²) in [6.07, 6.45) is 1.94. The number of amides is 1. The fourth-order valence-electron chi connectivity index (χ4n) is 3.01. The number of aromatic nitrogens is 2. The lowest BCUT2D eigenvalue weighted by molar-refractivity contribution is -0.121. The molecule has 0 radical (unpaired) electrons. The highest BCUT2D eigenvalue weighted by molar-refractivity contribution is 6.43. The van der Waals surface area contributed by atoms with Crippen LogP contribution in [0.1, 0.15) is 12.0 Å². The van der Waals surface area contributed by atoms with Crippen molar-refractivity contribution < 1.29 is 24.0 Å². The van der Waals surface area contributed by atoms with E-state index in [9.17, 15) is 19.2 Å². The monoisotopic (exact) mass is 385 g/mol. The molecule has 1 unspecified atom stereocenters. The topological polar surface area (TPSA) is 96.6 Å². The van der Waals surface area contributed by atoms with E-state index in [4.69, 9.17) is 4.74 Å². The SMILES string of the molecule is COc1cc(CC(NC(=O)CCn2cnc3ccccc32)B(O)O)ccc1F. The van der Waals surface area contributed by atoms with E-state index in [1.165, 1.54) is 25.3 Å². The predicted molar refractivity (Wildman–Crippen MR) is 103 cm³/mol. The van der Waals surface area contributed by atoms with Crippen molar-refractivity contribution in [2.75, 3.05) is 7.11 Å². The maximum absolute atomic E-state index is 13.5. The van der Waals surface area contributed by atoms with Crippen LogP contribution < -0.4 is 10.1 Å². The minimum Gasteiger partial charge on any atom is -0.494 e. The molecule has 1 heterocycles. The Morgan fingerprint density at radius 3 is 2.86 bits per heavy atom. The van der Waals surface area contributed by atoms with Crippen LogP contribution in [0.2, 0.25) is 0 Å². The number of benzene rings is 2. The smallest absolute Gasteiger partial charge is 0.475 e. The number of halogens is 1. The molecule has 3 aromatic rings. The maximum atomic E-state index is 13.5. The molecule has 28 heavy (non-hydrogen) atoms. The van der Waals surface area contributed by atoms with Gasteiger partial charge in [-0.3, -0.25) is 4.79 Å². The number of rotatable bonds is 8. The molecule has 7 nitrogen and oxygen atoms in total. The van der Waals surface area contributed by atoms with Crippen LogP contribution >= 0.6 is 0 Å². The number of fused-ring (bicyclic) bond motifs is 1. The highest BCUT2D eigenvalue weighted by atomic mass is 19.1. The minimum absolute atomic E-state index is 0.0574. The summed E-state index contributed by atoms with van der Waals surface area (Å²) in [5.74, 6) is -1.71. The summed E-state index contributed by atoms with van der Waals surface area (Å²) < 4.78 is 20.3. The van der Waals surface area contributed by atoms with Gasteiger partial charge >= 0.3 is 7.12 Å². The number of nitrogens with zero attached hydrogens (tertiary/aromatic N) is 2. The van der Waals surface area contributed by atoms with E-state index >= 15 is 0 Å². The number of ether oxygens (including phenoxy) is 1. The lowest BCUT2D eigenvalue weighted by Crippen LogP contribution is -2.48. The minimum atomic E-state index is -1.76. The van der Waals surface area contributed by atoms with Crippen LogP contribution in [0, 0.1) is 5.82 Å². The lowest BCUT2D eigenvalue weighted by Gasteiger charge is -2.18. The molecule has 1 aromatic heterocycles. The maximum Gasteiger partial charge on any atom is 0.475 e. The van der Waals surface area contributed by atoms with E-state index < -0.39 is 18.9 Å². The fraction of sp³-hybridized carbons (Fsp3) is 0.263. The number of para-hydroxylation sites is 2. The lowest BCUT2D eigenvalue weighted by atomic mass is 9.76. The number of methoxy groups -OCH3 is 1. The van der Waals surface area contributed by atoms with Gasteiger partial charge in [0.2, 0.25) is 5.91 Å². The van der Waals surface area contributed by atoms with Crippen molar-refractivity contribution in [1.82, 2.24) is 14.9 Å². The molecule has 0 saturated carbocycles. The Morgan fingerprint density at radius 1 is 1.32 bits per heavy atom. The number of hydrogen-bond acceptors (Lipinski definition) is 5. The highest BCUT2D eigenvalue weighted by Crippen LogP contribution is 2.19. The van der Waals surface area contributed by atoms with E-state index in [1.54, 1.807) is 6.33 Å². The molecule has 3 rings (SSSR count). The van der Waals surface area contributed by atoms with Gasteiger partial charge in [0.1, 0.15) is 0 Å². The number of carbonyl (C=O) groups is 1. The first kappa shape index (κ1) is 19.8. The zero-order valence-electron chi connectivity index (χ0n) is 15.4. The summed E-state index contributed by atoms with van der Waals surface area (Å²) in [5.41, 5.74) is 2.38. The summed E-state index contributed by atoms with van der Waals surface area (Å²) in [5, 5.41) is 21.9. The molecule has 1 amide bonds. The van der Waals surface area contributed by atoms with Crippen LogP contribution in [0.5, 0.6) is 5.75 Å². The number of aryl methyl sites for hydroxylation is 1.